The van der Waals surface area contributed by atoms with Crippen LogP contribution in [0, 0.1) is 18.3 Å². The van der Waals surface area contributed by atoms with Crippen LogP contribution in [0.2, 0.25) is 5.02 Å². The topological polar surface area (TPSA) is 70.0 Å². The third-order valence-electron chi connectivity index (χ3n) is 1.95. The van der Waals surface area contributed by atoms with E-state index < -0.39 is 16.1 Å². The van der Waals surface area contributed by atoms with Crippen molar-refractivity contribution in [2.75, 3.05) is 0 Å². The Labute approximate surface area is 99.9 Å². The normalized spacial score (nSPS) is 13.1. The zero-order chi connectivity index (χ0) is 12.3. The summed E-state index contributed by atoms with van der Waals surface area (Å²) >= 11 is 5.73. The van der Waals surface area contributed by atoms with Crippen molar-refractivity contribution < 1.29 is 8.42 Å². The summed E-state index contributed by atoms with van der Waals surface area (Å²) in [5.74, 6) is 0. The summed E-state index contributed by atoms with van der Waals surface area (Å²) in [5, 5.41) is 9.04. The molecule has 1 rings (SSSR count). The molecule has 0 fully saturated rings. The van der Waals surface area contributed by atoms with E-state index in [-0.39, 0.29) is 4.90 Å². The molecule has 0 aliphatic heterocycles. The van der Waals surface area contributed by atoms with Crippen LogP contribution >= 0.6 is 11.6 Å². The zero-order valence-corrected chi connectivity index (χ0v) is 10.4. The van der Waals surface area contributed by atoms with E-state index in [9.17, 15) is 8.42 Å². The van der Waals surface area contributed by atoms with Gasteiger partial charge in [0.1, 0.15) is 6.04 Å². The van der Waals surface area contributed by atoms with E-state index in [1.165, 1.54) is 19.1 Å². The fourth-order valence-electron chi connectivity index (χ4n) is 1.24. The number of hydrogen-bond donors (Lipinski definition) is 1. The van der Waals surface area contributed by atoms with Crippen molar-refractivity contribution in [1.29, 1.82) is 5.26 Å². The van der Waals surface area contributed by atoms with Crippen LogP contribution in [0.1, 0.15) is 12.5 Å². The molecule has 4 nitrogen and oxygen atoms in total. The van der Waals surface area contributed by atoms with Gasteiger partial charge < -0.3 is 0 Å². The van der Waals surface area contributed by atoms with Gasteiger partial charge in [0, 0.05) is 5.02 Å². The summed E-state index contributed by atoms with van der Waals surface area (Å²) in [7, 11) is -3.65. The molecule has 0 bridgehead atoms. The molecule has 0 aliphatic rings. The van der Waals surface area contributed by atoms with Crippen molar-refractivity contribution in [2.24, 2.45) is 0 Å². The number of halogens is 1. The monoisotopic (exact) mass is 258 g/mol. The van der Waals surface area contributed by atoms with Crippen LogP contribution in [-0.4, -0.2) is 14.5 Å². The van der Waals surface area contributed by atoms with E-state index in [1.54, 1.807) is 19.1 Å². The fraction of sp³-hybridized carbons (Fsp3) is 0.300. The first-order valence-corrected chi connectivity index (χ1v) is 6.41. The smallest absolute Gasteiger partial charge is 0.207 e. The van der Waals surface area contributed by atoms with Gasteiger partial charge in [-0.05, 0) is 37.6 Å². The minimum Gasteiger partial charge on any atom is -0.207 e. The summed E-state index contributed by atoms with van der Waals surface area (Å²) in [4.78, 5) is 0.138. The number of nitrogens with zero attached hydrogens (tertiary/aromatic N) is 1. The molecule has 1 aromatic rings. The Morgan fingerprint density at radius 2 is 2.12 bits per heavy atom. The van der Waals surface area contributed by atoms with Crippen LogP contribution in [-0.2, 0) is 10.0 Å². The molecule has 0 saturated heterocycles. The van der Waals surface area contributed by atoms with E-state index in [1.807, 2.05) is 0 Å². The predicted octanol–water partition coefficient (Wildman–Crippen LogP) is 1.84. The van der Waals surface area contributed by atoms with Crippen LogP contribution in [0.25, 0.3) is 0 Å². The summed E-state index contributed by atoms with van der Waals surface area (Å²) in [6, 6.07) is 5.53. The van der Waals surface area contributed by atoms with Gasteiger partial charge in [-0.2, -0.15) is 9.98 Å². The molecule has 0 aromatic heterocycles. The molecule has 0 radical (unpaired) electrons. The second kappa shape index (κ2) is 4.83. The Morgan fingerprint density at radius 1 is 1.50 bits per heavy atom. The Balaban J connectivity index is 3.14. The quantitative estimate of drug-likeness (QED) is 0.899. The Morgan fingerprint density at radius 3 is 2.62 bits per heavy atom. The number of nitrogens with one attached hydrogen (secondary N) is 1. The summed E-state index contributed by atoms with van der Waals surface area (Å²) < 4.78 is 25.9. The molecular formula is C10H11ClN2O2S. The minimum atomic E-state index is -3.65. The number of hydrogen-bond acceptors (Lipinski definition) is 3. The first-order valence-electron chi connectivity index (χ1n) is 4.55. The lowest BCUT2D eigenvalue weighted by atomic mass is 10.2. The number of sulfonamides is 1. The van der Waals surface area contributed by atoms with Gasteiger partial charge in [0.15, 0.2) is 0 Å². The van der Waals surface area contributed by atoms with Gasteiger partial charge in [0.05, 0.1) is 11.0 Å². The maximum Gasteiger partial charge on any atom is 0.241 e. The number of rotatable bonds is 3. The molecule has 0 heterocycles. The number of nitriles is 1. The van der Waals surface area contributed by atoms with Crippen LogP contribution in [0.3, 0.4) is 0 Å². The first kappa shape index (κ1) is 13.0. The molecule has 0 amide bonds. The van der Waals surface area contributed by atoms with Crippen molar-refractivity contribution in [1.82, 2.24) is 4.72 Å². The number of aryl methyl sites for hydroxylation is 1. The van der Waals surface area contributed by atoms with Crippen molar-refractivity contribution in [3.05, 3.63) is 28.8 Å². The summed E-state index contributed by atoms with van der Waals surface area (Å²) in [6.45, 7) is 3.13. The predicted molar refractivity (Wildman–Crippen MR) is 61.6 cm³/mol. The van der Waals surface area contributed by atoms with E-state index in [0.29, 0.717) is 10.6 Å². The first-order chi connectivity index (χ1) is 7.36. The van der Waals surface area contributed by atoms with Gasteiger partial charge in [-0.25, -0.2) is 8.42 Å². The van der Waals surface area contributed by atoms with E-state index in [4.69, 9.17) is 16.9 Å². The van der Waals surface area contributed by atoms with E-state index >= 15 is 0 Å². The third-order valence-corrected chi connectivity index (χ3v) is 3.89. The molecule has 86 valence electrons. The zero-order valence-electron chi connectivity index (χ0n) is 8.86. The Bertz CT molecular complexity index is 534. The van der Waals surface area contributed by atoms with Crippen molar-refractivity contribution >= 4 is 21.6 Å². The Hall–Kier alpha value is -1.09. The largest absolute Gasteiger partial charge is 0.241 e. The third kappa shape index (κ3) is 2.95. The summed E-state index contributed by atoms with van der Waals surface area (Å²) in [6.07, 6.45) is 0. The standard InChI is InChI=1S/C10H11ClN2O2S/c1-7-5-9(11)3-4-10(7)16(14,15)13-8(2)6-12/h3-5,8,13H,1-2H3/t8-/m0/s1. The second-order valence-corrected chi connectivity index (χ2v) is 5.50. The lowest BCUT2D eigenvalue weighted by molar-refractivity contribution is 0.576. The lowest BCUT2D eigenvalue weighted by Gasteiger charge is -2.10. The molecule has 1 atom stereocenters. The minimum absolute atomic E-state index is 0.138. The van der Waals surface area contributed by atoms with Crippen LogP contribution < -0.4 is 4.72 Å². The van der Waals surface area contributed by atoms with Crippen molar-refractivity contribution in [3.63, 3.8) is 0 Å². The van der Waals surface area contributed by atoms with E-state index in [0.717, 1.165) is 0 Å². The lowest BCUT2D eigenvalue weighted by Crippen LogP contribution is -2.31. The fourth-order valence-corrected chi connectivity index (χ4v) is 2.84. The van der Waals surface area contributed by atoms with Gasteiger partial charge >= 0.3 is 0 Å². The van der Waals surface area contributed by atoms with Crippen LogP contribution in [0.5, 0.6) is 0 Å². The van der Waals surface area contributed by atoms with Crippen molar-refractivity contribution in [2.45, 2.75) is 24.8 Å². The highest BCUT2D eigenvalue weighted by Crippen LogP contribution is 2.19. The Kier molecular flexibility index (Phi) is 3.92. The average molecular weight is 259 g/mol. The SMILES string of the molecule is Cc1cc(Cl)ccc1S(=O)(=O)N[C@@H](C)C#N. The van der Waals surface area contributed by atoms with Gasteiger partial charge in [0.2, 0.25) is 10.0 Å². The van der Waals surface area contributed by atoms with Gasteiger partial charge in [0.25, 0.3) is 0 Å². The summed E-state index contributed by atoms with van der Waals surface area (Å²) in [5.41, 5.74) is 0.546. The van der Waals surface area contributed by atoms with Crippen molar-refractivity contribution in [3.8, 4) is 6.07 Å². The molecule has 1 aromatic carbocycles. The van der Waals surface area contributed by atoms with E-state index in [2.05, 4.69) is 4.72 Å². The maximum absolute atomic E-state index is 11.8. The second-order valence-electron chi connectivity index (χ2n) is 3.38. The molecule has 6 heteroatoms. The molecule has 0 aliphatic carbocycles. The van der Waals surface area contributed by atoms with Crippen LogP contribution in [0.15, 0.2) is 23.1 Å². The van der Waals surface area contributed by atoms with Crippen LogP contribution in [0.4, 0.5) is 0 Å². The number of benzene rings is 1. The van der Waals surface area contributed by atoms with Gasteiger partial charge in [-0.1, -0.05) is 11.6 Å². The van der Waals surface area contributed by atoms with Gasteiger partial charge in [-0.15, -0.1) is 0 Å². The molecule has 0 saturated carbocycles. The molecule has 1 N–H and O–H groups in total. The molecule has 0 spiro atoms. The molecule has 0 unspecified atom stereocenters. The molecule has 16 heavy (non-hydrogen) atoms. The highest BCUT2D eigenvalue weighted by Gasteiger charge is 2.19. The highest BCUT2D eigenvalue weighted by molar-refractivity contribution is 7.89. The highest BCUT2D eigenvalue weighted by atomic mass is 35.5. The van der Waals surface area contributed by atoms with Gasteiger partial charge in [-0.3, -0.25) is 0 Å². The molecular weight excluding hydrogens is 248 g/mol. The maximum atomic E-state index is 11.8. The average Bonchev–Trinajstić information content (AvgIpc) is 2.16.